The molecule has 33 heavy (non-hydrogen) atoms. The lowest BCUT2D eigenvalue weighted by Crippen LogP contribution is -2.57. The Kier molecular flexibility index (Phi) is 8.20. The van der Waals surface area contributed by atoms with Gasteiger partial charge in [0.05, 0.1) is 12.6 Å². The van der Waals surface area contributed by atoms with Gasteiger partial charge in [-0.1, -0.05) is 56.5 Å². The summed E-state index contributed by atoms with van der Waals surface area (Å²) in [6.07, 6.45) is 6.10. The second kappa shape index (κ2) is 11.3. The third kappa shape index (κ3) is 5.67. The van der Waals surface area contributed by atoms with E-state index in [4.69, 9.17) is 0 Å². The average Bonchev–Trinajstić information content (AvgIpc) is 3.31. The van der Waals surface area contributed by atoms with Crippen molar-refractivity contribution in [3.63, 3.8) is 0 Å². The molecular weight excluding hydrogens is 430 g/mol. The molecule has 2 aromatic rings. The first-order chi connectivity index (χ1) is 16.1. The van der Waals surface area contributed by atoms with Crippen molar-refractivity contribution >= 4 is 23.2 Å². The van der Waals surface area contributed by atoms with E-state index in [-0.39, 0.29) is 23.9 Å². The van der Waals surface area contributed by atoms with Crippen LogP contribution in [-0.4, -0.2) is 65.3 Å². The third-order valence-corrected chi connectivity index (χ3v) is 8.06. The van der Waals surface area contributed by atoms with Crippen molar-refractivity contribution < 1.29 is 9.59 Å². The number of unbranched alkanes of at least 4 members (excludes halogenated alkanes) is 3. The average molecular weight is 468 g/mol. The number of carbonyl (C=O) groups excluding carboxylic acids is 2. The quantitative estimate of drug-likeness (QED) is 0.528. The monoisotopic (exact) mass is 467 g/mol. The summed E-state index contributed by atoms with van der Waals surface area (Å²) in [5, 5.41) is 2.17. The van der Waals surface area contributed by atoms with Crippen molar-refractivity contribution in [2.45, 2.75) is 64.5 Å². The van der Waals surface area contributed by atoms with Gasteiger partial charge in [-0.25, -0.2) is 0 Å². The summed E-state index contributed by atoms with van der Waals surface area (Å²) in [6.45, 7) is 7.50. The molecule has 178 valence electrons. The number of fused-ring (bicyclic) bond motifs is 1. The summed E-state index contributed by atoms with van der Waals surface area (Å²) in [4.78, 5) is 33.7. The molecule has 0 spiro atoms. The highest BCUT2D eigenvalue weighted by molar-refractivity contribution is 7.10. The van der Waals surface area contributed by atoms with Crippen molar-refractivity contribution in [2.24, 2.45) is 0 Å². The fourth-order valence-electron chi connectivity index (χ4n) is 5.24. The summed E-state index contributed by atoms with van der Waals surface area (Å²) in [7, 11) is 0. The predicted octanol–water partition coefficient (Wildman–Crippen LogP) is 4.73. The van der Waals surface area contributed by atoms with Gasteiger partial charge in [-0.15, -0.1) is 11.3 Å². The topological polar surface area (TPSA) is 43.9 Å². The normalized spacial score (nSPS) is 21.2. The smallest absolute Gasteiger partial charge is 0.236 e. The fourth-order valence-corrected chi connectivity index (χ4v) is 6.14. The van der Waals surface area contributed by atoms with E-state index in [2.05, 4.69) is 54.5 Å². The highest BCUT2D eigenvalue weighted by Crippen LogP contribution is 2.37. The van der Waals surface area contributed by atoms with Crippen LogP contribution in [0.3, 0.4) is 0 Å². The number of amides is 2. The molecule has 0 radical (unpaired) electrons. The minimum Gasteiger partial charge on any atom is -0.338 e. The van der Waals surface area contributed by atoms with Crippen LogP contribution in [0.5, 0.6) is 0 Å². The van der Waals surface area contributed by atoms with Gasteiger partial charge in [0.25, 0.3) is 0 Å². The molecule has 0 N–H and O–H groups in total. The Morgan fingerprint density at radius 1 is 1.00 bits per heavy atom. The van der Waals surface area contributed by atoms with Crippen molar-refractivity contribution in [3.8, 4) is 0 Å². The lowest BCUT2D eigenvalue weighted by atomic mass is 9.93. The molecule has 0 bridgehead atoms. The van der Waals surface area contributed by atoms with Crippen LogP contribution in [0.25, 0.3) is 0 Å². The summed E-state index contributed by atoms with van der Waals surface area (Å²) in [5.74, 6) is 0.423. The van der Waals surface area contributed by atoms with Crippen LogP contribution in [0.1, 0.15) is 68.0 Å². The molecule has 2 atom stereocenters. The Hall–Kier alpha value is -2.18. The number of thiophene rings is 1. The van der Waals surface area contributed by atoms with Crippen LogP contribution in [0, 0.1) is 0 Å². The van der Waals surface area contributed by atoms with Gasteiger partial charge >= 0.3 is 0 Å². The first-order valence-corrected chi connectivity index (χ1v) is 13.4. The van der Waals surface area contributed by atoms with Gasteiger partial charge in [0.2, 0.25) is 11.8 Å². The first kappa shape index (κ1) is 24.0. The second-order valence-corrected chi connectivity index (χ2v) is 10.4. The Morgan fingerprint density at radius 3 is 2.58 bits per heavy atom. The van der Waals surface area contributed by atoms with Crippen molar-refractivity contribution in [2.75, 3.05) is 32.7 Å². The molecule has 1 fully saturated rings. The molecule has 2 amide bonds. The van der Waals surface area contributed by atoms with Crippen LogP contribution in [0.2, 0.25) is 0 Å². The molecule has 2 aliphatic rings. The summed E-state index contributed by atoms with van der Waals surface area (Å²) < 4.78 is 0. The van der Waals surface area contributed by atoms with E-state index in [0.717, 1.165) is 25.8 Å². The number of nitrogens with zero attached hydrogens (tertiary/aromatic N) is 3. The van der Waals surface area contributed by atoms with E-state index in [1.807, 2.05) is 27.2 Å². The molecule has 6 heteroatoms. The van der Waals surface area contributed by atoms with Gasteiger partial charge in [0.1, 0.15) is 0 Å². The standard InChI is InChI=1S/C27H37N3O2S/c1-3-4-5-9-12-25(31)30-17-16-28(19-21(30)2)26(32)20-29-15-13-24-23(14-18-33-24)27(29)22-10-7-6-8-11-22/h6-8,10-11,14,18,21,27H,3-5,9,12-13,15-17,19-20H2,1-2H3/t21-,27+/m0/s1. The molecule has 2 aliphatic heterocycles. The summed E-state index contributed by atoms with van der Waals surface area (Å²) in [6, 6.07) is 13.0. The lowest BCUT2D eigenvalue weighted by molar-refractivity contribution is -0.143. The van der Waals surface area contributed by atoms with Gasteiger partial charge < -0.3 is 9.80 Å². The van der Waals surface area contributed by atoms with E-state index >= 15 is 0 Å². The van der Waals surface area contributed by atoms with Crippen molar-refractivity contribution in [3.05, 3.63) is 57.8 Å². The van der Waals surface area contributed by atoms with Crippen LogP contribution in [0.15, 0.2) is 41.8 Å². The molecule has 0 aliphatic carbocycles. The van der Waals surface area contributed by atoms with E-state index in [9.17, 15) is 9.59 Å². The van der Waals surface area contributed by atoms with E-state index in [1.165, 1.54) is 28.8 Å². The third-order valence-electron chi connectivity index (χ3n) is 7.06. The molecule has 1 aromatic carbocycles. The van der Waals surface area contributed by atoms with Crippen LogP contribution in [-0.2, 0) is 16.0 Å². The number of carbonyl (C=O) groups is 2. The van der Waals surface area contributed by atoms with Crippen LogP contribution >= 0.6 is 11.3 Å². The minimum atomic E-state index is 0.0797. The van der Waals surface area contributed by atoms with E-state index in [0.29, 0.717) is 32.6 Å². The number of hydrogen-bond acceptors (Lipinski definition) is 4. The minimum absolute atomic E-state index is 0.0797. The molecule has 4 rings (SSSR count). The molecule has 5 nitrogen and oxygen atoms in total. The number of rotatable bonds is 8. The molecule has 3 heterocycles. The lowest BCUT2D eigenvalue weighted by Gasteiger charge is -2.42. The Bertz CT molecular complexity index is 928. The van der Waals surface area contributed by atoms with Gasteiger partial charge in [0, 0.05) is 43.5 Å². The Balaban J connectivity index is 1.37. The van der Waals surface area contributed by atoms with Crippen LogP contribution in [0.4, 0.5) is 0 Å². The maximum atomic E-state index is 13.3. The maximum Gasteiger partial charge on any atom is 0.236 e. The van der Waals surface area contributed by atoms with Crippen LogP contribution < -0.4 is 0 Å². The predicted molar refractivity (Wildman–Crippen MR) is 134 cm³/mol. The van der Waals surface area contributed by atoms with Gasteiger partial charge in [0.15, 0.2) is 0 Å². The molecular formula is C27H37N3O2S. The number of piperazine rings is 1. The largest absolute Gasteiger partial charge is 0.338 e. The van der Waals surface area contributed by atoms with E-state index in [1.54, 1.807) is 0 Å². The molecule has 1 aromatic heterocycles. The number of hydrogen-bond donors (Lipinski definition) is 0. The number of benzene rings is 1. The van der Waals surface area contributed by atoms with Gasteiger partial charge in [-0.2, -0.15) is 0 Å². The van der Waals surface area contributed by atoms with Crippen molar-refractivity contribution in [1.82, 2.24) is 14.7 Å². The maximum absolute atomic E-state index is 13.3. The molecule has 1 saturated heterocycles. The zero-order valence-electron chi connectivity index (χ0n) is 20.0. The summed E-state index contributed by atoms with van der Waals surface area (Å²) >= 11 is 1.82. The zero-order chi connectivity index (χ0) is 23.2. The Morgan fingerprint density at radius 2 is 1.82 bits per heavy atom. The second-order valence-electron chi connectivity index (χ2n) is 9.42. The zero-order valence-corrected chi connectivity index (χ0v) is 20.9. The Labute approximate surface area is 202 Å². The first-order valence-electron chi connectivity index (χ1n) is 12.5. The molecule has 0 saturated carbocycles. The van der Waals surface area contributed by atoms with Gasteiger partial charge in [-0.3, -0.25) is 14.5 Å². The van der Waals surface area contributed by atoms with Gasteiger partial charge in [-0.05, 0) is 42.3 Å². The van der Waals surface area contributed by atoms with E-state index < -0.39 is 0 Å². The highest BCUT2D eigenvalue weighted by Gasteiger charge is 2.34. The highest BCUT2D eigenvalue weighted by atomic mass is 32.1. The molecule has 0 unspecified atom stereocenters. The summed E-state index contributed by atoms with van der Waals surface area (Å²) in [5.41, 5.74) is 2.59. The van der Waals surface area contributed by atoms with Crippen molar-refractivity contribution in [1.29, 1.82) is 0 Å². The fraction of sp³-hybridized carbons (Fsp3) is 0.556. The SMILES string of the molecule is CCCCCCC(=O)N1CCN(C(=O)CN2CCc3sccc3[C@H]2c2ccccc2)C[C@@H]1C.